The molecular weight excluding hydrogens is 356 g/mol. The molecule has 0 heterocycles. The van der Waals surface area contributed by atoms with Crippen molar-refractivity contribution in [2.24, 2.45) is 5.92 Å². The first kappa shape index (κ1) is 19.7. The number of benzene rings is 2. The van der Waals surface area contributed by atoms with Gasteiger partial charge in [-0.2, -0.15) is 0 Å². The second-order valence-electron chi connectivity index (χ2n) is 7.29. The van der Waals surface area contributed by atoms with Gasteiger partial charge in [0, 0.05) is 5.69 Å². The van der Waals surface area contributed by atoms with Crippen molar-refractivity contribution < 1.29 is 19.4 Å². The number of anilines is 2. The van der Waals surface area contributed by atoms with Gasteiger partial charge in [0.05, 0.1) is 18.7 Å². The molecule has 0 aromatic heterocycles. The third kappa shape index (κ3) is 4.82. The number of carboxylic acid groups (broad SMARTS) is 1. The van der Waals surface area contributed by atoms with Gasteiger partial charge in [0.15, 0.2) is 0 Å². The summed E-state index contributed by atoms with van der Waals surface area (Å²) < 4.78 is 5.28. The van der Waals surface area contributed by atoms with Crippen molar-refractivity contribution >= 4 is 23.4 Å². The molecule has 148 valence electrons. The molecule has 3 rings (SSSR count). The summed E-state index contributed by atoms with van der Waals surface area (Å²) in [5.41, 5.74) is 3.53. The molecule has 1 aliphatic rings. The number of urea groups is 1. The van der Waals surface area contributed by atoms with Gasteiger partial charge in [0.25, 0.3) is 0 Å². The Bertz CT molecular complexity index is 840. The number of carbonyl (C=O) groups excluding carboxylic acids is 1. The Labute approximate surface area is 164 Å². The molecule has 28 heavy (non-hydrogen) atoms. The lowest BCUT2D eigenvalue weighted by atomic mass is 9.79. The largest absolute Gasteiger partial charge is 0.495 e. The standard InChI is InChI=1S/C22H26N2O4/c1-14-3-12-20(28-2)19(13-14)24-22(27)23-18-10-8-16(9-11-18)15-4-6-17(7-5-15)21(25)26/h3,8-13,15,17H,4-7H2,1-2H3,(H,25,26)(H2,23,24,27)/t15-,17+. The molecule has 2 aromatic carbocycles. The van der Waals surface area contributed by atoms with Gasteiger partial charge in [-0.15, -0.1) is 0 Å². The van der Waals surface area contributed by atoms with E-state index in [4.69, 9.17) is 9.84 Å². The fraction of sp³-hybridized carbons (Fsp3) is 0.364. The van der Waals surface area contributed by atoms with Crippen LogP contribution in [0, 0.1) is 12.8 Å². The first-order valence-corrected chi connectivity index (χ1v) is 9.51. The first-order valence-electron chi connectivity index (χ1n) is 9.51. The fourth-order valence-electron chi connectivity index (χ4n) is 3.72. The molecule has 0 bridgehead atoms. The maximum absolute atomic E-state index is 12.3. The summed E-state index contributed by atoms with van der Waals surface area (Å²) in [7, 11) is 1.57. The summed E-state index contributed by atoms with van der Waals surface area (Å²) in [4.78, 5) is 23.4. The van der Waals surface area contributed by atoms with Crippen LogP contribution < -0.4 is 15.4 Å². The smallest absolute Gasteiger partial charge is 0.323 e. The summed E-state index contributed by atoms with van der Waals surface area (Å²) in [6, 6.07) is 13.0. The minimum Gasteiger partial charge on any atom is -0.495 e. The van der Waals surface area contributed by atoms with Crippen LogP contribution >= 0.6 is 0 Å². The Morgan fingerprint density at radius 3 is 2.29 bits per heavy atom. The summed E-state index contributed by atoms with van der Waals surface area (Å²) in [5.74, 6) is 0.0943. The molecular formula is C22H26N2O4. The van der Waals surface area contributed by atoms with Crippen molar-refractivity contribution in [1.82, 2.24) is 0 Å². The van der Waals surface area contributed by atoms with Crippen molar-refractivity contribution in [2.75, 3.05) is 17.7 Å². The van der Waals surface area contributed by atoms with Crippen LogP contribution in [0.5, 0.6) is 5.75 Å². The zero-order valence-electron chi connectivity index (χ0n) is 16.2. The van der Waals surface area contributed by atoms with E-state index in [0.717, 1.165) is 31.2 Å². The van der Waals surface area contributed by atoms with Crippen LogP contribution in [0.15, 0.2) is 42.5 Å². The van der Waals surface area contributed by atoms with Crippen LogP contribution in [0.1, 0.15) is 42.7 Å². The Balaban J connectivity index is 1.58. The number of amides is 2. The molecule has 1 aliphatic carbocycles. The van der Waals surface area contributed by atoms with E-state index in [9.17, 15) is 9.59 Å². The monoisotopic (exact) mass is 382 g/mol. The van der Waals surface area contributed by atoms with E-state index in [-0.39, 0.29) is 11.9 Å². The molecule has 0 aliphatic heterocycles. The van der Waals surface area contributed by atoms with Gasteiger partial charge >= 0.3 is 12.0 Å². The molecule has 0 radical (unpaired) electrons. The Morgan fingerprint density at radius 2 is 1.68 bits per heavy atom. The number of aryl methyl sites for hydroxylation is 1. The first-order chi connectivity index (χ1) is 13.5. The van der Waals surface area contributed by atoms with Crippen molar-refractivity contribution in [3.05, 3.63) is 53.6 Å². The van der Waals surface area contributed by atoms with E-state index < -0.39 is 5.97 Å². The Kier molecular flexibility index (Phi) is 6.19. The molecule has 2 amide bonds. The average molecular weight is 382 g/mol. The number of rotatable bonds is 5. The third-order valence-electron chi connectivity index (χ3n) is 5.32. The van der Waals surface area contributed by atoms with Gasteiger partial charge in [-0.05, 0) is 73.9 Å². The highest BCUT2D eigenvalue weighted by Crippen LogP contribution is 2.36. The number of hydrogen-bond donors (Lipinski definition) is 3. The van der Waals surface area contributed by atoms with Gasteiger partial charge in [0.1, 0.15) is 5.75 Å². The average Bonchev–Trinajstić information content (AvgIpc) is 2.69. The SMILES string of the molecule is COc1ccc(C)cc1NC(=O)Nc1ccc([C@H]2CC[C@@H](C(=O)O)CC2)cc1. The quantitative estimate of drug-likeness (QED) is 0.678. The van der Waals surface area contributed by atoms with E-state index in [1.807, 2.05) is 49.4 Å². The lowest BCUT2D eigenvalue weighted by Crippen LogP contribution is -2.21. The predicted octanol–water partition coefficient (Wildman–Crippen LogP) is 5.01. The highest BCUT2D eigenvalue weighted by atomic mass is 16.5. The highest BCUT2D eigenvalue weighted by molar-refractivity contribution is 6.00. The van der Waals surface area contributed by atoms with E-state index in [0.29, 0.717) is 23.0 Å². The molecule has 2 aromatic rings. The fourth-order valence-corrected chi connectivity index (χ4v) is 3.72. The summed E-state index contributed by atoms with van der Waals surface area (Å²) in [6.07, 6.45) is 3.22. The summed E-state index contributed by atoms with van der Waals surface area (Å²) >= 11 is 0. The van der Waals surface area contributed by atoms with Gasteiger partial charge in [-0.1, -0.05) is 18.2 Å². The Morgan fingerprint density at radius 1 is 1.00 bits per heavy atom. The zero-order chi connectivity index (χ0) is 20.1. The van der Waals surface area contributed by atoms with Crippen molar-refractivity contribution in [2.45, 2.75) is 38.5 Å². The van der Waals surface area contributed by atoms with Gasteiger partial charge in [0.2, 0.25) is 0 Å². The topological polar surface area (TPSA) is 87.7 Å². The minimum atomic E-state index is -0.686. The van der Waals surface area contributed by atoms with Crippen LogP contribution in [0.2, 0.25) is 0 Å². The lowest BCUT2D eigenvalue weighted by molar-refractivity contribution is -0.142. The molecule has 6 nitrogen and oxygen atoms in total. The number of aliphatic carboxylic acids is 1. The van der Waals surface area contributed by atoms with E-state index in [2.05, 4.69) is 10.6 Å². The highest BCUT2D eigenvalue weighted by Gasteiger charge is 2.26. The lowest BCUT2D eigenvalue weighted by Gasteiger charge is -2.26. The van der Waals surface area contributed by atoms with Gasteiger partial charge in [-0.3, -0.25) is 4.79 Å². The number of carbonyl (C=O) groups is 2. The van der Waals surface area contributed by atoms with Crippen molar-refractivity contribution in [3.63, 3.8) is 0 Å². The zero-order valence-corrected chi connectivity index (χ0v) is 16.2. The number of hydrogen-bond acceptors (Lipinski definition) is 3. The van der Waals surface area contributed by atoms with E-state index in [1.54, 1.807) is 7.11 Å². The van der Waals surface area contributed by atoms with Crippen LogP contribution in [0.4, 0.5) is 16.2 Å². The predicted molar refractivity (Wildman–Crippen MR) is 109 cm³/mol. The second-order valence-corrected chi connectivity index (χ2v) is 7.29. The van der Waals surface area contributed by atoms with Crippen LogP contribution in [-0.2, 0) is 4.79 Å². The van der Waals surface area contributed by atoms with Crippen LogP contribution in [0.3, 0.4) is 0 Å². The Hall–Kier alpha value is -3.02. The molecule has 0 unspecified atom stereocenters. The second kappa shape index (κ2) is 8.78. The molecule has 0 atom stereocenters. The van der Waals surface area contributed by atoms with Gasteiger partial charge < -0.3 is 20.5 Å². The molecule has 6 heteroatoms. The maximum atomic E-state index is 12.3. The van der Waals surface area contributed by atoms with Crippen molar-refractivity contribution in [3.8, 4) is 5.75 Å². The van der Waals surface area contributed by atoms with Crippen molar-refractivity contribution in [1.29, 1.82) is 0 Å². The molecule has 0 spiro atoms. The number of methoxy groups -OCH3 is 1. The summed E-state index contributed by atoms with van der Waals surface area (Å²) in [5, 5.41) is 14.8. The number of nitrogens with one attached hydrogen (secondary N) is 2. The molecule has 1 saturated carbocycles. The normalized spacial score (nSPS) is 18.9. The van der Waals surface area contributed by atoms with E-state index in [1.165, 1.54) is 5.56 Å². The number of carboxylic acids is 1. The molecule has 1 fully saturated rings. The van der Waals surface area contributed by atoms with Crippen LogP contribution in [0.25, 0.3) is 0 Å². The minimum absolute atomic E-state index is 0.209. The van der Waals surface area contributed by atoms with Gasteiger partial charge in [-0.25, -0.2) is 4.79 Å². The van der Waals surface area contributed by atoms with E-state index >= 15 is 0 Å². The molecule has 0 saturated heterocycles. The summed E-state index contributed by atoms with van der Waals surface area (Å²) in [6.45, 7) is 1.95. The maximum Gasteiger partial charge on any atom is 0.323 e. The third-order valence-corrected chi connectivity index (χ3v) is 5.32. The number of ether oxygens (including phenoxy) is 1. The van der Waals surface area contributed by atoms with Crippen LogP contribution in [-0.4, -0.2) is 24.2 Å². The molecule has 3 N–H and O–H groups in total.